The van der Waals surface area contributed by atoms with Crippen molar-refractivity contribution in [3.8, 4) is 0 Å². The Bertz CT molecular complexity index is 981. The lowest BCUT2D eigenvalue weighted by molar-refractivity contribution is 0.0280. The van der Waals surface area contributed by atoms with Crippen molar-refractivity contribution in [2.24, 2.45) is 0 Å². The van der Waals surface area contributed by atoms with Crippen molar-refractivity contribution in [1.29, 1.82) is 0 Å². The third-order valence-corrected chi connectivity index (χ3v) is 4.70. The Labute approximate surface area is 157 Å². The fourth-order valence-electron chi connectivity index (χ4n) is 3.03. The number of halogens is 1. The van der Waals surface area contributed by atoms with Crippen LogP contribution in [0.25, 0.3) is 10.8 Å². The summed E-state index contributed by atoms with van der Waals surface area (Å²) in [4.78, 5) is 4.14. The summed E-state index contributed by atoms with van der Waals surface area (Å²) in [6.07, 6.45) is 5.50. The molecular formula is C22H19ClN2O. The first-order chi connectivity index (χ1) is 12.8. The summed E-state index contributed by atoms with van der Waals surface area (Å²) in [5.41, 5.74) is 2.26. The molecule has 0 aliphatic rings. The summed E-state index contributed by atoms with van der Waals surface area (Å²) < 4.78 is 8.33. The highest BCUT2D eigenvalue weighted by atomic mass is 35.5. The number of nitrogens with zero attached hydrogens (tertiary/aromatic N) is 2. The number of hydrogen-bond acceptors (Lipinski definition) is 2. The van der Waals surface area contributed by atoms with Crippen LogP contribution in [-0.4, -0.2) is 9.55 Å². The van der Waals surface area contributed by atoms with Gasteiger partial charge in [0.25, 0.3) is 0 Å². The number of fused-ring (bicyclic) bond motifs is 1. The molecule has 1 heterocycles. The van der Waals surface area contributed by atoms with Gasteiger partial charge in [-0.05, 0) is 40.1 Å². The van der Waals surface area contributed by atoms with Gasteiger partial charge >= 0.3 is 0 Å². The standard InChI is InChI=1S/C22H19ClN2O/c23-21-9-5-17(6-10-21)15-26-22(14-25-12-11-24-16-25)20-8-7-18-3-1-2-4-19(18)13-20/h1-13,16,22H,14-15H2. The molecule has 0 N–H and O–H groups in total. The van der Waals surface area contributed by atoms with E-state index in [0.29, 0.717) is 13.2 Å². The second-order valence-corrected chi connectivity index (χ2v) is 6.73. The number of aromatic nitrogens is 2. The average Bonchev–Trinajstić information content (AvgIpc) is 3.19. The van der Waals surface area contributed by atoms with Crippen molar-refractivity contribution in [1.82, 2.24) is 9.55 Å². The lowest BCUT2D eigenvalue weighted by atomic mass is 10.0. The summed E-state index contributed by atoms with van der Waals surface area (Å²) in [7, 11) is 0. The SMILES string of the molecule is Clc1ccc(COC(Cn2ccnc2)c2ccc3ccccc3c2)cc1. The van der Waals surface area contributed by atoms with Crippen molar-refractivity contribution >= 4 is 22.4 Å². The molecule has 0 amide bonds. The first-order valence-corrected chi connectivity index (χ1v) is 8.96. The van der Waals surface area contributed by atoms with E-state index < -0.39 is 0 Å². The van der Waals surface area contributed by atoms with Crippen LogP contribution in [0.4, 0.5) is 0 Å². The highest BCUT2D eigenvalue weighted by molar-refractivity contribution is 6.30. The van der Waals surface area contributed by atoms with Crippen LogP contribution in [0, 0.1) is 0 Å². The van der Waals surface area contributed by atoms with Gasteiger partial charge in [-0.25, -0.2) is 4.98 Å². The molecule has 0 spiro atoms. The predicted molar refractivity (Wildman–Crippen MR) is 105 cm³/mol. The van der Waals surface area contributed by atoms with Crippen LogP contribution < -0.4 is 0 Å². The van der Waals surface area contributed by atoms with Crippen LogP contribution in [0.3, 0.4) is 0 Å². The highest BCUT2D eigenvalue weighted by Crippen LogP contribution is 2.25. The Kier molecular flexibility index (Phi) is 5.00. The molecule has 0 bridgehead atoms. The predicted octanol–water partition coefficient (Wildman–Crippen LogP) is 5.65. The average molecular weight is 363 g/mol. The van der Waals surface area contributed by atoms with E-state index in [0.717, 1.165) is 16.1 Å². The van der Waals surface area contributed by atoms with Crippen LogP contribution in [0.2, 0.25) is 5.02 Å². The monoisotopic (exact) mass is 362 g/mol. The number of imidazole rings is 1. The second kappa shape index (κ2) is 7.73. The third-order valence-electron chi connectivity index (χ3n) is 4.45. The maximum absolute atomic E-state index is 6.28. The summed E-state index contributed by atoms with van der Waals surface area (Å²) in [6, 6.07) is 22.6. The Morgan fingerprint density at radius 2 is 1.77 bits per heavy atom. The van der Waals surface area contributed by atoms with Crippen molar-refractivity contribution in [2.75, 3.05) is 0 Å². The zero-order valence-corrected chi connectivity index (χ0v) is 15.0. The van der Waals surface area contributed by atoms with Gasteiger partial charge in [0.2, 0.25) is 0 Å². The molecule has 130 valence electrons. The minimum atomic E-state index is -0.0653. The number of rotatable bonds is 6. The molecule has 0 saturated heterocycles. The van der Waals surface area contributed by atoms with Gasteiger partial charge in [-0.15, -0.1) is 0 Å². The van der Waals surface area contributed by atoms with Crippen LogP contribution in [0.1, 0.15) is 17.2 Å². The molecule has 3 nitrogen and oxygen atoms in total. The van der Waals surface area contributed by atoms with Crippen molar-refractivity contribution in [3.63, 3.8) is 0 Å². The van der Waals surface area contributed by atoms with Crippen molar-refractivity contribution in [3.05, 3.63) is 102 Å². The molecule has 0 aliphatic heterocycles. The summed E-state index contributed by atoms with van der Waals surface area (Å²) in [6.45, 7) is 1.25. The fraction of sp³-hybridized carbons (Fsp3) is 0.136. The summed E-state index contributed by atoms with van der Waals surface area (Å²) >= 11 is 5.97. The quantitative estimate of drug-likeness (QED) is 0.443. The molecule has 1 atom stereocenters. The summed E-state index contributed by atoms with van der Waals surface area (Å²) in [5, 5.41) is 3.18. The van der Waals surface area contributed by atoms with Gasteiger partial charge in [0.15, 0.2) is 0 Å². The molecule has 0 radical (unpaired) electrons. The van der Waals surface area contributed by atoms with Gasteiger partial charge in [-0.1, -0.05) is 60.1 Å². The van der Waals surface area contributed by atoms with E-state index in [9.17, 15) is 0 Å². The molecule has 26 heavy (non-hydrogen) atoms. The molecule has 1 unspecified atom stereocenters. The molecule has 4 aromatic rings. The first kappa shape index (κ1) is 16.8. The highest BCUT2D eigenvalue weighted by Gasteiger charge is 2.14. The van der Waals surface area contributed by atoms with Crippen molar-refractivity contribution < 1.29 is 4.74 Å². The molecule has 0 saturated carbocycles. The Morgan fingerprint density at radius 1 is 0.962 bits per heavy atom. The maximum atomic E-state index is 6.28. The van der Waals surface area contributed by atoms with E-state index >= 15 is 0 Å². The first-order valence-electron chi connectivity index (χ1n) is 8.58. The normalized spacial score (nSPS) is 12.3. The second-order valence-electron chi connectivity index (χ2n) is 6.29. The molecule has 4 heteroatoms. The lowest BCUT2D eigenvalue weighted by Crippen LogP contribution is -2.12. The molecule has 0 fully saturated rings. The lowest BCUT2D eigenvalue weighted by Gasteiger charge is -2.20. The number of benzene rings is 3. The van der Waals surface area contributed by atoms with Gasteiger partial charge in [-0.3, -0.25) is 0 Å². The zero-order valence-electron chi connectivity index (χ0n) is 14.3. The maximum Gasteiger partial charge on any atom is 0.101 e. The zero-order chi connectivity index (χ0) is 17.8. The fourth-order valence-corrected chi connectivity index (χ4v) is 3.15. The number of ether oxygens (including phenoxy) is 1. The Morgan fingerprint density at radius 3 is 2.54 bits per heavy atom. The molecule has 4 rings (SSSR count). The minimum absolute atomic E-state index is 0.0653. The van der Waals surface area contributed by atoms with Crippen LogP contribution >= 0.6 is 11.6 Å². The van der Waals surface area contributed by atoms with Crippen molar-refractivity contribution in [2.45, 2.75) is 19.3 Å². The van der Waals surface area contributed by atoms with Gasteiger partial charge in [0.05, 0.1) is 19.5 Å². The smallest absolute Gasteiger partial charge is 0.101 e. The van der Waals surface area contributed by atoms with Gasteiger partial charge in [-0.2, -0.15) is 0 Å². The topological polar surface area (TPSA) is 27.1 Å². The summed E-state index contributed by atoms with van der Waals surface area (Å²) in [5.74, 6) is 0. The van der Waals surface area contributed by atoms with E-state index in [-0.39, 0.29) is 6.10 Å². The van der Waals surface area contributed by atoms with E-state index in [1.807, 2.05) is 41.4 Å². The minimum Gasteiger partial charge on any atom is -0.367 e. The molecule has 1 aromatic heterocycles. The van der Waals surface area contributed by atoms with Crippen LogP contribution in [0.5, 0.6) is 0 Å². The van der Waals surface area contributed by atoms with Gasteiger partial charge in [0, 0.05) is 17.4 Å². The Hall–Kier alpha value is -2.62. The van der Waals surface area contributed by atoms with Crippen LogP contribution in [0.15, 0.2) is 85.5 Å². The Balaban J connectivity index is 1.59. The van der Waals surface area contributed by atoms with E-state index in [4.69, 9.17) is 16.3 Å². The van der Waals surface area contributed by atoms with E-state index in [1.54, 1.807) is 6.20 Å². The number of hydrogen-bond donors (Lipinski definition) is 0. The third kappa shape index (κ3) is 3.96. The molecule has 0 aliphatic carbocycles. The molecule has 3 aromatic carbocycles. The van der Waals surface area contributed by atoms with E-state index in [2.05, 4.69) is 47.4 Å². The van der Waals surface area contributed by atoms with E-state index in [1.165, 1.54) is 10.8 Å². The van der Waals surface area contributed by atoms with Gasteiger partial charge in [0.1, 0.15) is 6.10 Å². The largest absolute Gasteiger partial charge is 0.367 e. The van der Waals surface area contributed by atoms with Crippen LogP contribution in [-0.2, 0) is 17.9 Å². The molecular weight excluding hydrogens is 344 g/mol. The van der Waals surface area contributed by atoms with Gasteiger partial charge < -0.3 is 9.30 Å².